The zero-order valence-electron chi connectivity index (χ0n) is 18.2. The molecule has 0 spiro atoms. The Morgan fingerprint density at radius 2 is 2.07 bits per heavy atom. The average molecular weight is 401 g/mol. The minimum Gasteiger partial charge on any atom is -0.491 e. The highest BCUT2D eigenvalue weighted by molar-refractivity contribution is 5.68. The van der Waals surface area contributed by atoms with Crippen molar-refractivity contribution in [1.82, 2.24) is 14.7 Å². The monoisotopic (exact) mass is 400 g/mol. The van der Waals surface area contributed by atoms with Crippen LogP contribution in [0.1, 0.15) is 57.5 Å². The molecule has 0 fully saturated rings. The molecule has 1 atom stereocenters. The number of anilines is 1. The summed E-state index contributed by atoms with van der Waals surface area (Å²) >= 11 is 0. The molecule has 3 N–H and O–H groups in total. The van der Waals surface area contributed by atoms with E-state index in [9.17, 15) is 9.90 Å². The van der Waals surface area contributed by atoms with Crippen LogP contribution in [0.25, 0.3) is 5.69 Å². The van der Waals surface area contributed by atoms with E-state index in [4.69, 9.17) is 15.6 Å². The number of nitrogens with two attached hydrogens (primary N) is 1. The van der Waals surface area contributed by atoms with Crippen molar-refractivity contribution in [2.45, 2.75) is 54.0 Å². The number of benzene rings is 1. The van der Waals surface area contributed by atoms with Gasteiger partial charge in [0.1, 0.15) is 17.3 Å². The molecule has 1 aliphatic heterocycles. The lowest BCUT2D eigenvalue weighted by Crippen LogP contribution is -2.44. The Kier molecular flexibility index (Phi) is 5.52. The molecule has 0 bridgehead atoms. The van der Waals surface area contributed by atoms with Crippen molar-refractivity contribution in [3.8, 4) is 11.4 Å². The van der Waals surface area contributed by atoms with Gasteiger partial charge in [0.2, 0.25) is 0 Å². The fourth-order valence-electron chi connectivity index (χ4n) is 4.04. The van der Waals surface area contributed by atoms with Gasteiger partial charge in [0, 0.05) is 18.5 Å². The fraction of sp³-hybridized carbons (Fsp3) is 0.545. The van der Waals surface area contributed by atoms with Gasteiger partial charge in [0.05, 0.1) is 18.3 Å². The Morgan fingerprint density at radius 3 is 2.66 bits per heavy atom. The number of rotatable bonds is 4. The normalized spacial score (nSPS) is 16.8. The Bertz CT molecular complexity index is 912. The van der Waals surface area contributed by atoms with Gasteiger partial charge < -0.3 is 20.5 Å². The summed E-state index contributed by atoms with van der Waals surface area (Å²) < 4.78 is 7.79. The molecule has 2 aromatic rings. The molecule has 0 radical (unpaired) electrons. The SMILES string of the molecule is Cc1cccc(OCC(C)C)c1-n1nc2c(c1N)C(C(C)(C)C)N(C(=O)O)CC2. The number of aryl methyl sites for hydroxylation is 1. The van der Waals surface area contributed by atoms with Gasteiger partial charge in [-0.15, -0.1) is 0 Å². The maximum absolute atomic E-state index is 11.9. The first-order valence-electron chi connectivity index (χ1n) is 10.1. The van der Waals surface area contributed by atoms with E-state index in [-0.39, 0.29) is 11.5 Å². The largest absolute Gasteiger partial charge is 0.491 e. The maximum Gasteiger partial charge on any atom is 0.407 e. The molecule has 1 amide bonds. The van der Waals surface area contributed by atoms with E-state index in [1.807, 2.05) is 45.9 Å². The quantitative estimate of drug-likeness (QED) is 0.792. The summed E-state index contributed by atoms with van der Waals surface area (Å²) in [5, 5.41) is 14.6. The lowest BCUT2D eigenvalue weighted by atomic mass is 9.79. The van der Waals surface area contributed by atoms with Gasteiger partial charge in [0.15, 0.2) is 0 Å². The molecule has 29 heavy (non-hydrogen) atoms. The topological polar surface area (TPSA) is 93.6 Å². The molecule has 7 heteroatoms. The highest BCUT2D eigenvalue weighted by atomic mass is 16.5. The Hall–Kier alpha value is -2.70. The molecule has 1 unspecified atom stereocenters. The molecule has 1 aromatic heterocycles. The molecule has 158 valence electrons. The van der Waals surface area contributed by atoms with E-state index in [0.29, 0.717) is 31.3 Å². The second kappa shape index (κ2) is 7.61. The molecule has 0 saturated heterocycles. The van der Waals surface area contributed by atoms with Crippen LogP contribution < -0.4 is 10.5 Å². The highest BCUT2D eigenvalue weighted by Crippen LogP contribution is 2.45. The van der Waals surface area contributed by atoms with Crippen molar-refractivity contribution in [3.63, 3.8) is 0 Å². The second-order valence-electron chi connectivity index (χ2n) is 9.28. The predicted molar refractivity (Wildman–Crippen MR) is 114 cm³/mol. The van der Waals surface area contributed by atoms with Crippen LogP contribution in [0.2, 0.25) is 0 Å². The summed E-state index contributed by atoms with van der Waals surface area (Å²) in [5.41, 5.74) is 9.79. The van der Waals surface area contributed by atoms with Gasteiger partial charge in [-0.25, -0.2) is 9.48 Å². The summed E-state index contributed by atoms with van der Waals surface area (Å²) in [5.74, 6) is 1.60. The summed E-state index contributed by atoms with van der Waals surface area (Å²) in [7, 11) is 0. The van der Waals surface area contributed by atoms with Crippen LogP contribution in [-0.2, 0) is 6.42 Å². The number of para-hydroxylation sites is 1. The zero-order chi connectivity index (χ0) is 21.5. The molecule has 7 nitrogen and oxygen atoms in total. The van der Waals surface area contributed by atoms with E-state index in [1.165, 1.54) is 4.90 Å². The second-order valence-corrected chi connectivity index (χ2v) is 9.28. The third-order valence-electron chi connectivity index (χ3n) is 5.26. The van der Waals surface area contributed by atoms with Crippen LogP contribution in [0.5, 0.6) is 5.75 Å². The van der Waals surface area contributed by atoms with E-state index in [1.54, 1.807) is 4.68 Å². The maximum atomic E-state index is 11.9. The lowest BCUT2D eigenvalue weighted by Gasteiger charge is -2.41. The van der Waals surface area contributed by atoms with E-state index in [2.05, 4.69) is 13.8 Å². The van der Waals surface area contributed by atoms with Gasteiger partial charge in [-0.05, 0) is 29.9 Å². The standard InChI is InChI=1S/C22H32N4O3/c1-13(2)12-29-16-9-7-8-14(3)18(16)26-20(23)17-15(24-26)10-11-25(21(27)28)19(17)22(4,5)6/h7-9,13,19H,10-12,23H2,1-6H3,(H,27,28). The number of fused-ring (bicyclic) bond motifs is 1. The molecule has 1 aromatic carbocycles. The van der Waals surface area contributed by atoms with Gasteiger partial charge in [-0.2, -0.15) is 5.10 Å². The molecule has 1 aliphatic rings. The Balaban J connectivity index is 2.16. The third kappa shape index (κ3) is 3.91. The van der Waals surface area contributed by atoms with Crippen molar-refractivity contribution in [2.75, 3.05) is 18.9 Å². The molecule has 2 heterocycles. The first-order chi connectivity index (χ1) is 13.5. The number of hydrogen-bond donors (Lipinski definition) is 2. The van der Waals surface area contributed by atoms with Crippen LogP contribution in [0, 0.1) is 18.3 Å². The van der Waals surface area contributed by atoms with Gasteiger partial charge in [-0.1, -0.05) is 46.8 Å². The minimum atomic E-state index is -0.931. The lowest BCUT2D eigenvalue weighted by molar-refractivity contribution is 0.0761. The smallest absolute Gasteiger partial charge is 0.407 e. The molecular formula is C22H32N4O3. The first kappa shape index (κ1) is 21.0. The number of carbonyl (C=O) groups is 1. The zero-order valence-corrected chi connectivity index (χ0v) is 18.2. The number of amides is 1. The predicted octanol–water partition coefficient (Wildman–Crippen LogP) is 4.42. The van der Waals surface area contributed by atoms with E-state index >= 15 is 0 Å². The molecule has 0 aliphatic carbocycles. The first-order valence-corrected chi connectivity index (χ1v) is 10.1. The van der Waals surface area contributed by atoms with Crippen LogP contribution in [0.3, 0.4) is 0 Å². The van der Waals surface area contributed by atoms with Crippen LogP contribution in [0.15, 0.2) is 18.2 Å². The summed E-state index contributed by atoms with van der Waals surface area (Å²) in [6, 6.07) is 5.53. The number of carboxylic acid groups (broad SMARTS) is 1. The van der Waals surface area contributed by atoms with Gasteiger partial charge in [-0.3, -0.25) is 0 Å². The van der Waals surface area contributed by atoms with Crippen LogP contribution >= 0.6 is 0 Å². The van der Waals surface area contributed by atoms with E-state index < -0.39 is 6.09 Å². The number of hydrogen-bond acceptors (Lipinski definition) is 4. The molecule has 3 rings (SSSR count). The number of nitrogens with zero attached hydrogens (tertiary/aromatic N) is 3. The van der Waals surface area contributed by atoms with Crippen molar-refractivity contribution < 1.29 is 14.6 Å². The van der Waals surface area contributed by atoms with Crippen molar-refractivity contribution in [1.29, 1.82) is 0 Å². The summed E-state index contributed by atoms with van der Waals surface area (Å²) in [6.45, 7) is 13.3. The summed E-state index contributed by atoms with van der Waals surface area (Å²) in [6.07, 6.45) is -0.390. The average Bonchev–Trinajstić information content (AvgIpc) is 2.94. The Labute approximate surface area is 172 Å². The van der Waals surface area contributed by atoms with Crippen molar-refractivity contribution >= 4 is 11.9 Å². The third-order valence-corrected chi connectivity index (χ3v) is 5.26. The summed E-state index contributed by atoms with van der Waals surface area (Å²) in [4.78, 5) is 13.4. The number of aromatic nitrogens is 2. The van der Waals surface area contributed by atoms with Gasteiger partial charge in [0.25, 0.3) is 0 Å². The fourth-order valence-corrected chi connectivity index (χ4v) is 4.04. The van der Waals surface area contributed by atoms with Gasteiger partial charge >= 0.3 is 6.09 Å². The molecular weight excluding hydrogens is 368 g/mol. The minimum absolute atomic E-state index is 0.321. The van der Waals surface area contributed by atoms with Crippen LogP contribution in [0.4, 0.5) is 10.6 Å². The van der Waals surface area contributed by atoms with Crippen molar-refractivity contribution in [2.24, 2.45) is 11.3 Å². The van der Waals surface area contributed by atoms with Crippen molar-refractivity contribution in [3.05, 3.63) is 35.0 Å². The number of ether oxygens (including phenoxy) is 1. The molecule has 0 saturated carbocycles. The number of nitrogen functional groups attached to an aromatic ring is 1. The van der Waals surface area contributed by atoms with E-state index in [0.717, 1.165) is 28.3 Å². The highest BCUT2D eigenvalue weighted by Gasteiger charge is 2.42. The Morgan fingerprint density at radius 1 is 1.38 bits per heavy atom. The van der Waals surface area contributed by atoms with Crippen LogP contribution in [-0.4, -0.2) is 39.0 Å².